The molecule has 34 heavy (non-hydrogen) atoms. The Hall–Kier alpha value is -2.58. The molecular weight excluding hydrogens is 566 g/mol. The first kappa shape index (κ1) is 26.0. The average Bonchev–Trinajstić information content (AvgIpc) is 2.82. The van der Waals surface area contributed by atoms with Crippen molar-refractivity contribution in [3.8, 4) is 5.75 Å². The lowest BCUT2D eigenvalue weighted by atomic mass is 9.79. The summed E-state index contributed by atoms with van der Waals surface area (Å²) in [6.45, 7) is 6.01. The van der Waals surface area contributed by atoms with E-state index < -0.39 is 17.9 Å². The fraction of sp³-hybridized carbons (Fsp3) is 0.308. The number of phenols is 1. The van der Waals surface area contributed by atoms with E-state index in [1.807, 2.05) is 37.3 Å². The molecular formula is C26H27Br2NO5. The molecule has 0 saturated heterocycles. The van der Waals surface area contributed by atoms with Crippen LogP contribution in [0.3, 0.4) is 0 Å². The Bertz CT molecular complexity index is 1120. The third-order valence-electron chi connectivity index (χ3n) is 5.44. The normalized spacial score (nSPS) is 15.7. The first-order valence-electron chi connectivity index (χ1n) is 11.1. The summed E-state index contributed by atoms with van der Waals surface area (Å²) < 4.78 is 11.9. The van der Waals surface area contributed by atoms with E-state index in [4.69, 9.17) is 9.47 Å². The molecule has 0 amide bonds. The molecule has 0 bridgehead atoms. The smallest absolute Gasteiger partial charge is 0.337 e. The van der Waals surface area contributed by atoms with Gasteiger partial charge in [-0.05, 0) is 75.4 Å². The van der Waals surface area contributed by atoms with Gasteiger partial charge < -0.3 is 19.9 Å². The van der Waals surface area contributed by atoms with Gasteiger partial charge in [-0.1, -0.05) is 43.7 Å². The predicted molar refractivity (Wildman–Crippen MR) is 138 cm³/mol. The Balaban J connectivity index is 2.28. The second kappa shape index (κ2) is 11.7. The monoisotopic (exact) mass is 591 g/mol. The lowest BCUT2D eigenvalue weighted by molar-refractivity contribution is -0.139. The molecule has 0 aliphatic carbocycles. The topological polar surface area (TPSA) is 84.9 Å². The van der Waals surface area contributed by atoms with Gasteiger partial charge in [0.15, 0.2) is 0 Å². The summed E-state index contributed by atoms with van der Waals surface area (Å²) in [6, 6.07) is 12.8. The maximum absolute atomic E-state index is 13.4. The van der Waals surface area contributed by atoms with E-state index in [9.17, 15) is 14.7 Å². The van der Waals surface area contributed by atoms with Crippen molar-refractivity contribution in [2.45, 2.75) is 39.5 Å². The molecule has 1 aliphatic rings. The number of benzene rings is 2. The number of hydrogen-bond acceptors (Lipinski definition) is 6. The van der Waals surface area contributed by atoms with Crippen LogP contribution in [0.4, 0.5) is 0 Å². The number of nitrogens with one attached hydrogen (secondary N) is 1. The van der Waals surface area contributed by atoms with Gasteiger partial charge in [-0.25, -0.2) is 9.59 Å². The Morgan fingerprint density at radius 3 is 2.21 bits per heavy atom. The van der Waals surface area contributed by atoms with Crippen molar-refractivity contribution < 1.29 is 24.2 Å². The maximum Gasteiger partial charge on any atom is 0.337 e. The SMILES string of the molecule is CCCCOC(=O)C1=C(C)NC(c2ccccc2)=C(C(=O)OCC)[C@H]1c1cc(Br)c(O)c(Br)c1. The van der Waals surface area contributed by atoms with Crippen LogP contribution in [0.5, 0.6) is 5.75 Å². The minimum absolute atomic E-state index is 0.0235. The molecule has 1 atom stereocenters. The van der Waals surface area contributed by atoms with Crippen molar-refractivity contribution in [2.24, 2.45) is 0 Å². The number of carbonyl (C=O) groups excluding carboxylic acids is 2. The molecule has 0 radical (unpaired) electrons. The van der Waals surface area contributed by atoms with Gasteiger partial charge in [0.2, 0.25) is 0 Å². The van der Waals surface area contributed by atoms with Crippen LogP contribution in [-0.2, 0) is 19.1 Å². The van der Waals surface area contributed by atoms with Crippen LogP contribution in [0.1, 0.15) is 50.7 Å². The Morgan fingerprint density at radius 1 is 1.00 bits per heavy atom. The molecule has 1 heterocycles. The fourth-order valence-electron chi connectivity index (χ4n) is 3.83. The van der Waals surface area contributed by atoms with E-state index >= 15 is 0 Å². The van der Waals surface area contributed by atoms with E-state index in [1.54, 1.807) is 26.0 Å². The molecule has 2 aromatic rings. The highest BCUT2D eigenvalue weighted by Gasteiger charge is 2.39. The molecule has 2 aromatic carbocycles. The Kier molecular flexibility index (Phi) is 8.97. The van der Waals surface area contributed by atoms with Crippen LogP contribution in [0.15, 0.2) is 68.3 Å². The van der Waals surface area contributed by atoms with Gasteiger partial charge in [0.25, 0.3) is 0 Å². The summed E-state index contributed by atoms with van der Waals surface area (Å²) in [7, 11) is 0. The van der Waals surface area contributed by atoms with Gasteiger partial charge in [0, 0.05) is 5.70 Å². The lowest BCUT2D eigenvalue weighted by Crippen LogP contribution is -2.33. The second-order valence-corrected chi connectivity index (χ2v) is 9.50. The largest absolute Gasteiger partial charge is 0.506 e. The number of dihydropyridines is 1. The van der Waals surface area contributed by atoms with Crippen LogP contribution in [-0.4, -0.2) is 30.3 Å². The molecule has 2 N–H and O–H groups in total. The van der Waals surface area contributed by atoms with Gasteiger partial charge in [0.05, 0.1) is 44.9 Å². The zero-order valence-electron chi connectivity index (χ0n) is 19.3. The van der Waals surface area contributed by atoms with Crippen molar-refractivity contribution in [2.75, 3.05) is 13.2 Å². The van der Waals surface area contributed by atoms with Crippen LogP contribution in [0, 0.1) is 0 Å². The zero-order valence-corrected chi connectivity index (χ0v) is 22.5. The summed E-state index contributed by atoms with van der Waals surface area (Å²) in [4.78, 5) is 26.7. The van der Waals surface area contributed by atoms with Crippen molar-refractivity contribution in [3.05, 3.63) is 79.4 Å². The molecule has 0 fully saturated rings. The summed E-state index contributed by atoms with van der Waals surface area (Å²) in [6.07, 6.45) is 1.62. The van der Waals surface area contributed by atoms with Gasteiger partial charge in [-0.3, -0.25) is 0 Å². The predicted octanol–water partition coefficient (Wildman–Crippen LogP) is 6.20. The van der Waals surface area contributed by atoms with Crippen LogP contribution >= 0.6 is 31.9 Å². The molecule has 0 aromatic heterocycles. The van der Waals surface area contributed by atoms with Crippen molar-refractivity contribution in [1.82, 2.24) is 5.32 Å². The number of ether oxygens (including phenoxy) is 2. The van der Waals surface area contributed by atoms with E-state index in [2.05, 4.69) is 37.2 Å². The molecule has 0 saturated carbocycles. The second-order valence-electron chi connectivity index (χ2n) is 7.79. The number of unbranched alkanes of at least 4 members (excludes halogenated alkanes) is 1. The van der Waals surface area contributed by atoms with Gasteiger partial charge in [-0.15, -0.1) is 0 Å². The third-order valence-corrected chi connectivity index (χ3v) is 6.65. The van der Waals surface area contributed by atoms with E-state index in [0.717, 1.165) is 18.4 Å². The quantitative estimate of drug-likeness (QED) is 0.281. The first-order valence-corrected chi connectivity index (χ1v) is 12.7. The first-order chi connectivity index (χ1) is 16.3. The zero-order chi connectivity index (χ0) is 24.8. The minimum atomic E-state index is -0.780. The minimum Gasteiger partial charge on any atom is -0.506 e. The van der Waals surface area contributed by atoms with E-state index in [-0.39, 0.29) is 19.0 Å². The average molecular weight is 593 g/mol. The number of aromatic hydroxyl groups is 1. The Labute approximate surface area is 216 Å². The van der Waals surface area contributed by atoms with Gasteiger partial charge >= 0.3 is 11.9 Å². The third kappa shape index (κ3) is 5.55. The van der Waals surface area contributed by atoms with Crippen LogP contribution in [0.25, 0.3) is 5.70 Å². The number of phenolic OH excluding ortho intramolecular Hbond substituents is 1. The molecule has 0 spiro atoms. The number of carbonyl (C=O) groups is 2. The summed E-state index contributed by atoms with van der Waals surface area (Å²) in [5, 5.41) is 13.5. The fourth-order valence-corrected chi connectivity index (χ4v) is 5.05. The highest BCUT2D eigenvalue weighted by Crippen LogP contribution is 2.45. The van der Waals surface area contributed by atoms with Crippen molar-refractivity contribution in [3.63, 3.8) is 0 Å². The van der Waals surface area contributed by atoms with Gasteiger partial charge in [-0.2, -0.15) is 0 Å². The van der Waals surface area contributed by atoms with Crippen LogP contribution in [0.2, 0.25) is 0 Å². The van der Waals surface area contributed by atoms with E-state index in [1.165, 1.54) is 0 Å². The number of halogens is 2. The lowest BCUT2D eigenvalue weighted by Gasteiger charge is -2.32. The number of rotatable bonds is 8. The molecule has 3 rings (SSSR count). The number of hydrogen-bond donors (Lipinski definition) is 2. The highest BCUT2D eigenvalue weighted by atomic mass is 79.9. The standard InChI is InChI=1S/C26H27Br2NO5/c1-4-6-12-34-25(31)20-15(3)29-23(16-10-8-7-9-11-16)22(26(32)33-5-2)21(20)17-13-18(27)24(30)19(28)14-17/h7-11,13-14,21,29-30H,4-6,12H2,1-3H3/t21-/m0/s1. The summed E-state index contributed by atoms with van der Waals surface area (Å²) in [5.74, 6) is -1.79. The Morgan fingerprint density at radius 2 is 1.62 bits per heavy atom. The molecule has 1 aliphatic heterocycles. The maximum atomic E-state index is 13.4. The number of esters is 2. The van der Waals surface area contributed by atoms with Crippen molar-refractivity contribution >= 4 is 49.5 Å². The van der Waals surface area contributed by atoms with Crippen LogP contribution < -0.4 is 5.32 Å². The van der Waals surface area contributed by atoms with Crippen molar-refractivity contribution in [1.29, 1.82) is 0 Å². The number of allylic oxidation sites excluding steroid dienone is 1. The highest BCUT2D eigenvalue weighted by molar-refractivity contribution is 9.11. The van der Waals surface area contributed by atoms with E-state index in [0.29, 0.717) is 37.0 Å². The molecule has 8 heteroatoms. The summed E-state index contributed by atoms with van der Waals surface area (Å²) in [5.41, 5.74) is 3.17. The molecule has 6 nitrogen and oxygen atoms in total. The molecule has 180 valence electrons. The molecule has 0 unspecified atom stereocenters. The van der Waals surface area contributed by atoms with Gasteiger partial charge in [0.1, 0.15) is 5.75 Å². The summed E-state index contributed by atoms with van der Waals surface area (Å²) >= 11 is 6.75.